The highest BCUT2D eigenvalue weighted by Gasteiger charge is 2.19. The lowest BCUT2D eigenvalue weighted by atomic mass is 10.0. The Hall–Kier alpha value is -3.12. The standard InChI is InChI=1S/C22H21NO4S/c1-3-18-13-19(20(24)16-9-11-17(26-2)12-10-16)21(28-18)23-22(25)27-14-15-7-5-4-6-8-15/h4-13H,3,14H2,1-2H3,(H,23,25). The van der Waals surface area contributed by atoms with E-state index in [2.05, 4.69) is 5.32 Å². The Balaban J connectivity index is 1.74. The van der Waals surface area contributed by atoms with Crippen molar-refractivity contribution in [1.29, 1.82) is 0 Å². The summed E-state index contributed by atoms with van der Waals surface area (Å²) in [5.74, 6) is 0.524. The van der Waals surface area contributed by atoms with E-state index in [9.17, 15) is 9.59 Å². The number of amides is 1. The van der Waals surface area contributed by atoms with E-state index in [1.165, 1.54) is 11.3 Å². The molecule has 0 aliphatic carbocycles. The molecule has 1 N–H and O–H groups in total. The first kappa shape index (κ1) is 19.6. The normalized spacial score (nSPS) is 10.4. The highest BCUT2D eigenvalue weighted by atomic mass is 32.1. The lowest BCUT2D eigenvalue weighted by Gasteiger charge is -2.08. The van der Waals surface area contributed by atoms with E-state index >= 15 is 0 Å². The summed E-state index contributed by atoms with van der Waals surface area (Å²) in [6.07, 6.45) is 0.186. The molecule has 2 aromatic carbocycles. The summed E-state index contributed by atoms with van der Waals surface area (Å²) < 4.78 is 10.4. The van der Waals surface area contributed by atoms with Crippen LogP contribution in [0.4, 0.5) is 9.80 Å². The minimum absolute atomic E-state index is 0.156. The van der Waals surface area contributed by atoms with E-state index in [1.807, 2.05) is 43.3 Å². The van der Waals surface area contributed by atoms with Crippen LogP contribution in [0.15, 0.2) is 60.7 Å². The molecule has 0 bridgehead atoms. The SMILES string of the molecule is CCc1cc(C(=O)c2ccc(OC)cc2)c(NC(=O)OCc2ccccc2)s1. The van der Waals surface area contributed by atoms with Gasteiger partial charge in [0.05, 0.1) is 12.7 Å². The van der Waals surface area contributed by atoms with Gasteiger partial charge in [0, 0.05) is 10.4 Å². The monoisotopic (exact) mass is 395 g/mol. The molecule has 5 nitrogen and oxygen atoms in total. The second kappa shape index (κ2) is 9.19. The summed E-state index contributed by atoms with van der Waals surface area (Å²) in [6.45, 7) is 2.17. The van der Waals surface area contributed by atoms with Gasteiger partial charge in [0.15, 0.2) is 5.78 Å². The molecule has 0 aliphatic rings. The largest absolute Gasteiger partial charge is 0.497 e. The molecule has 0 radical (unpaired) electrons. The number of nitrogens with one attached hydrogen (secondary N) is 1. The van der Waals surface area contributed by atoms with E-state index in [0.717, 1.165) is 16.9 Å². The van der Waals surface area contributed by atoms with Crippen LogP contribution in [-0.4, -0.2) is 19.0 Å². The Bertz CT molecular complexity index is 948. The maximum atomic E-state index is 12.9. The molecule has 0 unspecified atom stereocenters. The zero-order valence-electron chi connectivity index (χ0n) is 15.7. The maximum absolute atomic E-state index is 12.9. The summed E-state index contributed by atoms with van der Waals surface area (Å²) in [5.41, 5.74) is 1.89. The molecule has 0 saturated heterocycles. The fourth-order valence-electron chi connectivity index (χ4n) is 2.63. The molecule has 1 heterocycles. The van der Waals surface area contributed by atoms with Gasteiger partial charge in [0.25, 0.3) is 0 Å². The predicted molar refractivity (Wildman–Crippen MR) is 110 cm³/mol. The molecule has 1 amide bonds. The summed E-state index contributed by atoms with van der Waals surface area (Å²) >= 11 is 1.38. The van der Waals surface area contributed by atoms with Gasteiger partial charge >= 0.3 is 6.09 Å². The number of methoxy groups -OCH3 is 1. The van der Waals surface area contributed by atoms with Gasteiger partial charge in [0.1, 0.15) is 17.4 Å². The lowest BCUT2D eigenvalue weighted by molar-refractivity contribution is 0.104. The fraction of sp³-hybridized carbons (Fsp3) is 0.182. The van der Waals surface area contributed by atoms with Crippen LogP contribution in [0, 0.1) is 0 Å². The molecule has 1 aromatic heterocycles. The van der Waals surface area contributed by atoms with Crippen molar-refractivity contribution in [3.63, 3.8) is 0 Å². The molecule has 0 saturated carbocycles. The second-order valence-corrected chi connectivity index (χ2v) is 7.19. The van der Waals surface area contributed by atoms with Gasteiger partial charge in [-0.2, -0.15) is 0 Å². The number of benzene rings is 2. The van der Waals surface area contributed by atoms with Gasteiger partial charge in [-0.05, 0) is 42.3 Å². The van der Waals surface area contributed by atoms with E-state index in [-0.39, 0.29) is 12.4 Å². The van der Waals surface area contributed by atoms with Crippen molar-refractivity contribution in [3.05, 3.63) is 82.2 Å². The van der Waals surface area contributed by atoms with Crippen molar-refractivity contribution in [2.24, 2.45) is 0 Å². The summed E-state index contributed by atoms with van der Waals surface area (Å²) in [5, 5.41) is 3.22. The zero-order valence-corrected chi connectivity index (χ0v) is 16.5. The van der Waals surface area contributed by atoms with Crippen molar-refractivity contribution in [2.75, 3.05) is 12.4 Å². The number of anilines is 1. The van der Waals surface area contributed by atoms with E-state index < -0.39 is 6.09 Å². The topological polar surface area (TPSA) is 64.6 Å². The lowest BCUT2D eigenvalue weighted by Crippen LogP contribution is -2.15. The molecule has 0 spiro atoms. The summed E-state index contributed by atoms with van der Waals surface area (Å²) in [6, 6.07) is 18.2. The molecule has 144 valence electrons. The van der Waals surface area contributed by atoms with Crippen molar-refractivity contribution < 1.29 is 19.1 Å². The third-order valence-electron chi connectivity index (χ3n) is 4.16. The van der Waals surface area contributed by atoms with Crippen LogP contribution in [0.1, 0.15) is 33.3 Å². The van der Waals surface area contributed by atoms with Crippen LogP contribution >= 0.6 is 11.3 Å². The van der Waals surface area contributed by atoms with Gasteiger partial charge in [-0.15, -0.1) is 11.3 Å². The Labute approximate surface area is 167 Å². The van der Waals surface area contributed by atoms with Gasteiger partial charge in [-0.1, -0.05) is 37.3 Å². The van der Waals surface area contributed by atoms with Gasteiger partial charge in [-0.25, -0.2) is 4.79 Å². The third-order valence-corrected chi connectivity index (χ3v) is 5.35. The maximum Gasteiger partial charge on any atom is 0.412 e. The van der Waals surface area contributed by atoms with Gasteiger partial charge < -0.3 is 9.47 Å². The number of thiophene rings is 1. The van der Waals surface area contributed by atoms with Crippen LogP contribution in [0.3, 0.4) is 0 Å². The molecular weight excluding hydrogens is 374 g/mol. The molecular formula is C22H21NO4S. The number of aryl methyl sites for hydroxylation is 1. The third kappa shape index (κ3) is 4.78. The smallest absolute Gasteiger partial charge is 0.412 e. The van der Waals surface area contributed by atoms with Crippen molar-refractivity contribution in [1.82, 2.24) is 0 Å². The number of carbonyl (C=O) groups is 2. The van der Waals surface area contributed by atoms with Gasteiger partial charge in [0.2, 0.25) is 0 Å². The predicted octanol–water partition coefficient (Wildman–Crippen LogP) is 5.30. The number of carbonyl (C=O) groups excluding carboxylic acids is 2. The number of ether oxygens (including phenoxy) is 2. The molecule has 0 fully saturated rings. The number of hydrogen-bond donors (Lipinski definition) is 1. The quantitative estimate of drug-likeness (QED) is 0.552. The van der Waals surface area contributed by atoms with Crippen LogP contribution in [0.2, 0.25) is 0 Å². The molecule has 0 atom stereocenters. The average Bonchev–Trinajstić information content (AvgIpc) is 3.15. The summed E-state index contributed by atoms with van der Waals surface area (Å²) in [7, 11) is 1.58. The summed E-state index contributed by atoms with van der Waals surface area (Å²) in [4.78, 5) is 26.2. The number of hydrogen-bond acceptors (Lipinski definition) is 5. The van der Waals surface area contributed by atoms with Crippen LogP contribution in [-0.2, 0) is 17.8 Å². The van der Waals surface area contributed by atoms with Crippen molar-refractivity contribution >= 4 is 28.2 Å². The Kier molecular flexibility index (Phi) is 6.45. The fourth-order valence-corrected chi connectivity index (χ4v) is 3.61. The highest BCUT2D eigenvalue weighted by molar-refractivity contribution is 7.16. The number of rotatable bonds is 7. The first-order chi connectivity index (χ1) is 13.6. The zero-order chi connectivity index (χ0) is 19.9. The first-order valence-corrected chi connectivity index (χ1v) is 9.71. The molecule has 3 rings (SSSR count). The minimum atomic E-state index is -0.586. The average molecular weight is 395 g/mol. The molecule has 3 aromatic rings. The van der Waals surface area contributed by atoms with Crippen LogP contribution < -0.4 is 10.1 Å². The van der Waals surface area contributed by atoms with Crippen LogP contribution in [0.5, 0.6) is 5.75 Å². The molecule has 0 aliphatic heterocycles. The van der Waals surface area contributed by atoms with E-state index in [0.29, 0.717) is 21.9 Å². The minimum Gasteiger partial charge on any atom is -0.497 e. The van der Waals surface area contributed by atoms with Crippen molar-refractivity contribution in [2.45, 2.75) is 20.0 Å². The number of ketones is 1. The Morgan fingerprint density at radius 2 is 1.75 bits per heavy atom. The van der Waals surface area contributed by atoms with E-state index in [4.69, 9.17) is 9.47 Å². The first-order valence-electron chi connectivity index (χ1n) is 8.90. The van der Waals surface area contributed by atoms with Crippen LogP contribution in [0.25, 0.3) is 0 Å². The second-order valence-electron chi connectivity index (χ2n) is 6.05. The van der Waals surface area contributed by atoms with Crippen molar-refractivity contribution in [3.8, 4) is 5.75 Å². The van der Waals surface area contributed by atoms with E-state index in [1.54, 1.807) is 31.4 Å². The molecule has 6 heteroatoms. The highest BCUT2D eigenvalue weighted by Crippen LogP contribution is 2.31. The Morgan fingerprint density at radius 3 is 2.39 bits per heavy atom. The molecule has 28 heavy (non-hydrogen) atoms. The Morgan fingerprint density at radius 1 is 1.04 bits per heavy atom. The van der Waals surface area contributed by atoms with Gasteiger partial charge in [-0.3, -0.25) is 10.1 Å².